The fourth-order valence-electron chi connectivity index (χ4n) is 6.50. The molecule has 5 atom stereocenters. The summed E-state index contributed by atoms with van der Waals surface area (Å²) in [5.41, 5.74) is 5.78. The average Bonchev–Trinajstić information content (AvgIpc) is 3.62. The molecule has 0 radical (unpaired) electrons. The molecule has 8 nitrogen and oxygen atoms in total. The van der Waals surface area contributed by atoms with E-state index in [4.69, 9.17) is 33.3 Å². The first kappa shape index (κ1) is 34.6. The molecule has 1 spiro atoms. The van der Waals surface area contributed by atoms with Gasteiger partial charge >= 0.3 is 0 Å². The Kier molecular flexibility index (Phi) is 11.5. The van der Waals surface area contributed by atoms with E-state index in [0.717, 1.165) is 39.3 Å². The normalized spacial score (nSPS) is 22.7. The van der Waals surface area contributed by atoms with Crippen LogP contribution in [0.25, 0.3) is 0 Å². The summed E-state index contributed by atoms with van der Waals surface area (Å²) in [4.78, 5) is 6.41. The van der Waals surface area contributed by atoms with Crippen LogP contribution in [0, 0.1) is 0 Å². The van der Waals surface area contributed by atoms with Crippen LogP contribution in [-0.2, 0) is 54.9 Å². The van der Waals surface area contributed by atoms with Crippen LogP contribution in [-0.4, -0.2) is 49.6 Å². The number of nitrogens with zero attached hydrogens (tertiary/aromatic N) is 1. The molecule has 2 aliphatic heterocycles. The van der Waals surface area contributed by atoms with E-state index in [1.807, 2.05) is 146 Å². The molecule has 1 fully saturated rings. The van der Waals surface area contributed by atoms with E-state index in [2.05, 4.69) is 5.16 Å². The van der Waals surface area contributed by atoms with Gasteiger partial charge in [0.05, 0.1) is 52.3 Å². The lowest BCUT2D eigenvalue weighted by atomic mass is 9.88. The zero-order chi connectivity index (χ0) is 34.7. The number of methoxy groups -OCH3 is 1. The van der Waals surface area contributed by atoms with Crippen LogP contribution in [0.5, 0.6) is 5.75 Å². The molecular weight excluding hydrogens is 642 g/mol. The summed E-state index contributed by atoms with van der Waals surface area (Å²) in [5.74, 6) is -0.562. The Hall–Kier alpha value is -4.83. The molecule has 262 valence electrons. The third kappa shape index (κ3) is 8.73. The van der Waals surface area contributed by atoms with Crippen LogP contribution in [0.15, 0.2) is 151 Å². The Labute approximate surface area is 299 Å². The number of benzene rings is 5. The minimum atomic E-state index is -1.32. The van der Waals surface area contributed by atoms with Gasteiger partial charge in [-0.05, 0) is 52.1 Å². The molecule has 5 aromatic rings. The van der Waals surface area contributed by atoms with E-state index in [1.165, 1.54) is 0 Å². The Morgan fingerprint density at radius 3 is 1.61 bits per heavy atom. The van der Waals surface area contributed by atoms with Crippen LogP contribution in [0.2, 0.25) is 0 Å². The van der Waals surface area contributed by atoms with Crippen LogP contribution >= 0.6 is 0 Å². The van der Waals surface area contributed by atoms with Gasteiger partial charge in [0.15, 0.2) is 6.10 Å². The summed E-state index contributed by atoms with van der Waals surface area (Å²) in [5, 5.41) is 4.61. The van der Waals surface area contributed by atoms with Crippen molar-refractivity contribution in [2.24, 2.45) is 5.16 Å². The molecule has 8 heteroatoms. The van der Waals surface area contributed by atoms with Crippen molar-refractivity contribution in [3.8, 4) is 5.75 Å². The van der Waals surface area contributed by atoms with Crippen molar-refractivity contribution in [1.29, 1.82) is 0 Å². The van der Waals surface area contributed by atoms with Crippen LogP contribution in [0.4, 0.5) is 0 Å². The van der Waals surface area contributed by atoms with Crippen molar-refractivity contribution in [2.45, 2.75) is 63.1 Å². The number of hydrogen-bond donors (Lipinski definition) is 0. The van der Waals surface area contributed by atoms with Gasteiger partial charge in [-0.2, -0.15) is 0 Å². The molecule has 51 heavy (non-hydrogen) atoms. The molecule has 1 saturated heterocycles. The van der Waals surface area contributed by atoms with E-state index < -0.39 is 30.2 Å². The Balaban J connectivity index is 1.23. The molecule has 0 saturated carbocycles. The predicted molar refractivity (Wildman–Crippen MR) is 194 cm³/mol. The lowest BCUT2D eigenvalue weighted by Crippen LogP contribution is -2.67. The van der Waals surface area contributed by atoms with Gasteiger partial charge in [0.2, 0.25) is 0 Å². The first-order chi connectivity index (χ1) is 25.2. The van der Waals surface area contributed by atoms with E-state index in [1.54, 1.807) is 7.11 Å². The summed E-state index contributed by atoms with van der Waals surface area (Å²) in [6.45, 7) is 1.64. The number of oxime groups is 1. The average molecular weight is 686 g/mol. The molecular formula is C43H43NO7. The highest BCUT2D eigenvalue weighted by Gasteiger charge is 2.61. The summed E-state index contributed by atoms with van der Waals surface area (Å²) in [6.07, 6.45) is -2.19. The standard InChI is InChI=1S/C43H43NO7/c1-45-37-24-22-36(23-25-37)38-26-43(51-44-38)42(49-30-35-20-12-5-13-21-35)41(48-29-34-18-10-4-11-19-34)40(47-28-33-16-8-3-9-17-33)39(50-43)31-46-27-32-14-6-2-7-15-32/h2-25,39-42H,26-31H2,1H3/t39-,40-,41+,42-,43-/m1/s1. The second-order valence-electron chi connectivity index (χ2n) is 12.7. The molecule has 0 unspecified atom stereocenters. The van der Waals surface area contributed by atoms with Gasteiger partial charge in [0.25, 0.3) is 5.79 Å². The summed E-state index contributed by atoms with van der Waals surface area (Å²) < 4.78 is 39.3. The fraction of sp³-hybridized carbons (Fsp3) is 0.279. The van der Waals surface area contributed by atoms with Crippen LogP contribution in [0.3, 0.4) is 0 Å². The molecule has 2 aliphatic rings. The molecule has 7 rings (SSSR count). The van der Waals surface area contributed by atoms with Crippen molar-refractivity contribution < 1.29 is 33.3 Å². The van der Waals surface area contributed by atoms with Gasteiger partial charge < -0.3 is 33.3 Å². The van der Waals surface area contributed by atoms with Crippen LogP contribution < -0.4 is 4.74 Å². The number of rotatable bonds is 15. The minimum absolute atomic E-state index is 0.230. The van der Waals surface area contributed by atoms with Crippen molar-refractivity contribution in [3.05, 3.63) is 173 Å². The van der Waals surface area contributed by atoms with Crippen molar-refractivity contribution in [2.75, 3.05) is 13.7 Å². The molecule has 0 amide bonds. The molecule has 0 N–H and O–H groups in total. The number of hydrogen-bond acceptors (Lipinski definition) is 8. The molecule has 2 heterocycles. The van der Waals surface area contributed by atoms with Gasteiger partial charge in [-0.25, -0.2) is 0 Å². The third-order valence-electron chi connectivity index (χ3n) is 9.16. The lowest BCUT2D eigenvalue weighted by molar-refractivity contribution is -0.375. The van der Waals surface area contributed by atoms with Crippen molar-refractivity contribution in [3.63, 3.8) is 0 Å². The van der Waals surface area contributed by atoms with E-state index in [9.17, 15) is 0 Å². The van der Waals surface area contributed by atoms with Gasteiger partial charge in [-0.3, -0.25) is 0 Å². The lowest BCUT2D eigenvalue weighted by Gasteiger charge is -2.49. The highest BCUT2D eigenvalue weighted by Crippen LogP contribution is 2.43. The molecule has 0 bridgehead atoms. The smallest absolute Gasteiger partial charge is 0.272 e. The maximum absolute atomic E-state index is 7.04. The highest BCUT2D eigenvalue weighted by atomic mass is 16.8. The SMILES string of the molecule is COc1ccc(C2=NO[C@@]3(C2)O[C@H](COCc2ccccc2)[C@@H](OCc2ccccc2)[C@H](OCc2ccccc2)[C@H]3OCc2ccccc2)cc1. The first-order valence-corrected chi connectivity index (χ1v) is 17.3. The Bertz CT molecular complexity index is 1810. The molecule has 5 aromatic carbocycles. The van der Waals surface area contributed by atoms with Crippen molar-refractivity contribution >= 4 is 5.71 Å². The quantitative estimate of drug-likeness (QED) is 0.111. The largest absolute Gasteiger partial charge is 0.497 e. The van der Waals surface area contributed by atoms with E-state index >= 15 is 0 Å². The van der Waals surface area contributed by atoms with Gasteiger partial charge in [-0.1, -0.05) is 126 Å². The topological polar surface area (TPSA) is 77.0 Å². The number of ether oxygens (including phenoxy) is 6. The van der Waals surface area contributed by atoms with Crippen LogP contribution in [0.1, 0.15) is 34.2 Å². The van der Waals surface area contributed by atoms with E-state index in [-0.39, 0.29) is 6.61 Å². The fourth-order valence-corrected chi connectivity index (χ4v) is 6.50. The zero-order valence-corrected chi connectivity index (χ0v) is 28.7. The van der Waals surface area contributed by atoms with Gasteiger partial charge in [-0.15, -0.1) is 0 Å². The van der Waals surface area contributed by atoms with Gasteiger partial charge in [0, 0.05) is 0 Å². The third-order valence-corrected chi connectivity index (χ3v) is 9.16. The zero-order valence-electron chi connectivity index (χ0n) is 28.7. The highest BCUT2D eigenvalue weighted by molar-refractivity contribution is 6.01. The maximum Gasteiger partial charge on any atom is 0.272 e. The summed E-state index contributed by atoms with van der Waals surface area (Å²) >= 11 is 0. The predicted octanol–water partition coefficient (Wildman–Crippen LogP) is 7.89. The minimum Gasteiger partial charge on any atom is -0.497 e. The first-order valence-electron chi connectivity index (χ1n) is 17.3. The second kappa shape index (κ2) is 16.9. The summed E-state index contributed by atoms with van der Waals surface area (Å²) in [6, 6.07) is 48.1. The van der Waals surface area contributed by atoms with Gasteiger partial charge in [0.1, 0.15) is 24.1 Å². The second-order valence-corrected chi connectivity index (χ2v) is 12.7. The van der Waals surface area contributed by atoms with E-state index in [0.29, 0.717) is 32.8 Å². The van der Waals surface area contributed by atoms with Crippen molar-refractivity contribution in [1.82, 2.24) is 0 Å². The molecule has 0 aliphatic carbocycles. The monoisotopic (exact) mass is 685 g/mol. The summed E-state index contributed by atoms with van der Waals surface area (Å²) in [7, 11) is 1.65. The Morgan fingerprint density at radius 2 is 1.08 bits per heavy atom. The Morgan fingerprint density at radius 1 is 0.588 bits per heavy atom. The maximum atomic E-state index is 7.04. The molecule has 0 aromatic heterocycles.